The Hall–Kier alpha value is -1.43. The lowest BCUT2D eigenvalue weighted by molar-refractivity contribution is -0.122. The number of aliphatic hydroxyl groups excluding tert-OH is 1. The number of amides is 2. The molecule has 0 saturated heterocycles. The van der Waals surface area contributed by atoms with Gasteiger partial charge in [0.05, 0.1) is 23.7 Å². The lowest BCUT2D eigenvalue weighted by Gasteiger charge is -2.33. The maximum Gasteiger partial charge on any atom is 0.259 e. The van der Waals surface area contributed by atoms with Gasteiger partial charge < -0.3 is 5.11 Å². The van der Waals surface area contributed by atoms with Crippen molar-refractivity contribution in [2.45, 2.75) is 19.4 Å². The van der Waals surface area contributed by atoms with Crippen LogP contribution in [0.3, 0.4) is 0 Å². The summed E-state index contributed by atoms with van der Waals surface area (Å²) >= 11 is 5.89. The predicted octanol–water partition coefficient (Wildman–Crippen LogP) is 1.30. The van der Waals surface area contributed by atoms with Crippen LogP contribution < -0.4 is 5.32 Å². The van der Waals surface area contributed by atoms with Crippen molar-refractivity contribution in [2.24, 2.45) is 0 Å². The van der Waals surface area contributed by atoms with Crippen LogP contribution in [-0.2, 0) is 4.79 Å². The van der Waals surface area contributed by atoms with E-state index in [1.165, 1.54) is 0 Å². The van der Waals surface area contributed by atoms with E-state index in [1.54, 1.807) is 50.1 Å². The van der Waals surface area contributed by atoms with Crippen LogP contribution in [0.2, 0.25) is 5.02 Å². The summed E-state index contributed by atoms with van der Waals surface area (Å²) < 4.78 is 0. The summed E-state index contributed by atoms with van der Waals surface area (Å²) in [7, 11) is 1.70. The summed E-state index contributed by atoms with van der Waals surface area (Å²) in [6.07, 6.45) is 0. The molecule has 110 valence electrons. The smallest absolute Gasteiger partial charge is 0.259 e. The fraction of sp³-hybridized carbons (Fsp3) is 0.429. The first-order valence-corrected chi connectivity index (χ1v) is 6.56. The predicted molar refractivity (Wildman–Crippen MR) is 77.7 cm³/mol. The van der Waals surface area contributed by atoms with Crippen LogP contribution in [0.15, 0.2) is 24.3 Å². The van der Waals surface area contributed by atoms with Crippen molar-refractivity contribution in [1.29, 1.82) is 0 Å². The summed E-state index contributed by atoms with van der Waals surface area (Å²) in [5.74, 6) is -0.977. The number of aliphatic hydroxyl groups is 1. The Balaban J connectivity index is 2.64. The second kappa shape index (κ2) is 6.83. The van der Waals surface area contributed by atoms with Crippen molar-refractivity contribution < 1.29 is 14.7 Å². The molecule has 1 rings (SSSR count). The minimum absolute atomic E-state index is 0.00372. The number of hydrogen-bond acceptors (Lipinski definition) is 4. The van der Waals surface area contributed by atoms with Crippen molar-refractivity contribution in [2.75, 3.05) is 20.2 Å². The van der Waals surface area contributed by atoms with Gasteiger partial charge in [-0.05, 0) is 33.0 Å². The molecule has 0 atom stereocenters. The minimum atomic E-state index is -0.537. The molecule has 1 aromatic rings. The van der Waals surface area contributed by atoms with Gasteiger partial charge in [0.25, 0.3) is 5.91 Å². The van der Waals surface area contributed by atoms with Gasteiger partial charge in [-0.3, -0.25) is 19.8 Å². The molecule has 0 aromatic heterocycles. The standard InChI is InChI=1S/C14H19ClN2O3/c1-14(2,9-18)17(3)8-12(19)16-13(20)10-6-4-5-7-11(10)15/h4-7,18H,8-9H2,1-3H3,(H,16,19,20). The van der Waals surface area contributed by atoms with E-state index in [0.29, 0.717) is 5.02 Å². The van der Waals surface area contributed by atoms with E-state index in [2.05, 4.69) is 5.32 Å². The largest absolute Gasteiger partial charge is 0.394 e. The van der Waals surface area contributed by atoms with Gasteiger partial charge in [-0.25, -0.2) is 0 Å². The topological polar surface area (TPSA) is 69.6 Å². The maximum atomic E-state index is 11.9. The molecule has 0 bridgehead atoms. The van der Waals surface area contributed by atoms with E-state index >= 15 is 0 Å². The molecule has 6 heteroatoms. The molecule has 0 heterocycles. The summed E-state index contributed by atoms with van der Waals surface area (Å²) in [5, 5.41) is 11.8. The van der Waals surface area contributed by atoms with Crippen LogP contribution in [-0.4, -0.2) is 47.6 Å². The molecule has 0 saturated carbocycles. The zero-order valence-corrected chi connectivity index (χ0v) is 12.6. The van der Waals surface area contributed by atoms with Gasteiger partial charge in [0, 0.05) is 5.54 Å². The number of halogens is 1. The summed E-state index contributed by atoms with van der Waals surface area (Å²) in [6.45, 7) is 3.52. The highest BCUT2D eigenvalue weighted by atomic mass is 35.5. The third-order valence-electron chi connectivity index (χ3n) is 3.17. The lowest BCUT2D eigenvalue weighted by atomic mass is 10.1. The minimum Gasteiger partial charge on any atom is -0.394 e. The molecular formula is C14H19ClN2O3. The highest BCUT2D eigenvalue weighted by Gasteiger charge is 2.25. The quantitative estimate of drug-likeness (QED) is 0.860. The average molecular weight is 299 g/mol. The molecule has 2 N–H and O–H groups in total. The fourth-order valence-corrected chi connectivity index (χ4v) is 1.65. The Labute approximate surface area is 123 Å². The number of likely N-dealkylation sites (N-methyl/N-ethyl adjacent to an activating group) is 1. The Kier molecular flexibility index (Phi) is 5.68. The highest BCUT2D eigenvalue weighted by Crippen LogP contribution is 2.14. The summed E-state index contributed by atoms with van der Waals surface area (Å²) in [6, 6.07) is 6.51. The van der Waals surface area contributed by atoms with Crippen molar-refractivity contribution >= 4 is 23.4 Å². The summed E-state index contributed by atoms with van der Waals surface area (Å²) in [5.41, 5.74) is -0.281. The SMILES string of the molecule is CN(CC(=O)NC(=O)c1ccccc1Cl)C(C)(C)CO. The van der Waals surface area contributed by atoms with Crippen molar-refractivity contribution in [3.8, 4) is 0 Å². The number of carbonyl (C=O) groups excluding carboxylic acids is 2. The van der Waals surface area contributed by atoms with Gasteiger partial charge in [0.15, 0.2) is 0 Å². The van der Waals surface area contributed by atoms with Crippen molar-refractivity contribution in [3.05, 3.63) is 34.9 Å². The zero-order valence-electron chi connectivity index (χ0n) is 11.8. The maximum absolute atomic E-state index is 11.9. The lowest BCUT2D eigenvalue weighted by Crippen LogP contribution is -2.49. The first kappa shape index (κ1) is 16.6. The number of imide groups is 1. The molecule has 0 spiro atoms. The van der Waals surface area contributed by atoms with Gasteiger partial charge in [-0.2, -0.15) is 0 Å². The van der Waals surface area contributed by atoms with Gasteiger partial charge >= 0.3 is 0 Å². The number of benzene rings is 1. The second-order valence-electron chi connectivity index (χ2n) is 5.18. The van der Waals surface area contributed by atoms with E-state index in [0.717, 1.165) is 0 Å². The van der Waals surface area contributed by atoms with E-state index in [9.17, 15) is 14.7 Å². The summed E-state index contributed by atoms with van der Waals surface area (Å²) in [4.78, 5) is 25.4. The van der Waals surface area contributed by atoms with Crippen LogP contribution in [0.5, 0.6) is 0 Å². The number of carbonyl (C=O) groups is 2. The van der Waals surface area contributed by atoms with Crippen molar-refractivity contribution in [3.63, 3.8) is 0 Å². The molecule has 0 aliphatic rings. The molecule has 0 aliphatic heterocycles. The molecule has 0 fully saturated rings. The Morgan fingerprint density at radius 3 is 2.50 bits per heavy atom. The highest BCUT2D eigenvalue weighted by molar-refractivity contribution is 6.34. The molecule has 0 aliphatic carbocycles. The molecule has 0 unspecified atom stereocenters. The number of nitrogens with zero attached hydrogens (tertiary/aromatic N) is 1. The van der Waals surface area contributed by atoms with Gasteiger partial charge in [-0.1, -0.05) is 23.7 Å². The molecule has 20 heavy (non-hydrogen) atoms. The number of hydrogen-bond donors (Lipinski definition) is 2. The molecular weight excluding hydrogens is 280 g/mol. The second-order valence-corrected chi connectivity index (χ2v) is 5.59. The van der Waals surface area contributed by atoms with Crippen LogP contribution >= 0.6 is 11.6 Å². The first-order valence-electron chi connectivity index (χ1n) is 6.18. The van der Waals surface area contributed by atoms with E-state index < -0.39 is 17.4 Å². The third-order valence-corrected chi connectivity index (χ3v) is 3.50. The first-order chi connectivity index (χ1) is 9.27. The molecule has 1 aromatic carbocycles. The van der Waals surface area contributed by atoms with Gasteiger partial charge in [0.2, 0.25) is 5.91 Å². The van der Waals surface area contributed by atoms with Crippen LogP contribution in [0.4, 0.5) is 0 Å². The Morgan fingerprint density at radius 1 is 1.35 bits per heavy atom. The monoisotopic (exact) mass is 298 g/mol. The van der Waals surface area contributed by atoms with E-state index in [4.69, 9.17) is 11.6 Å². The van der Waals surface area contributed by atoms with Crippen LogP contribution in [0, 0.1) is 0 Å². The Bertz CT molecular complexity index is 503. The zero-order chi connectivity index (χ0) is 15.3. The third kappa shape index (κ3) is 4.30. The molecule has 2 amide bonds. The van der Waals surface area contributed by atoms with Gasteiger partial charge in [-0.15, -0.1) is 0 Å². The van der Waals surface area contributed by atoms with Gasteiger partial charge in [0.1, 0.15) is 0 Å². The Morgan fingerprint density at radius 2 is 1.95 bits per heavy atom. The molecule has 5 nitrogen and oxygen atoms in total. The number of nitrogens with one attached hydrogen (secondary N) is 1. The van der Waals surface area contributed by atoms with E-state index in [-0.39, 0.29) is 18.7 Å². The normalized spacial score (nSPS) is 11.5. The van der Waals surface area contributed by atoms with Crippen molar-refractivity contribution in [1.82, 2.24) is 10.2 Å². The van der Waals surface area contributed by atoms with E-state index in [1.807, 2.05) is 0 Å². The molecule has 0 radical (unpaired) electrons. The fourth-order valence-electron chi connectivity index (χ4n) is 1.43. The number of rotatable bonds is 5. The van der Waals surface area contributed by atoms with Crippen LogP contribution in [0.1, 0.15) is 24.2 Å². The van der Waals surface area contributed by atoms with Crippen LogP contribution in [0.25, 0.3) is 0 Å². The average Bonchev–Trinajstić information content (AvgIpc) is 2.38.